The smallest absolute Gasteiger partial charge is 0.257 e. The molecule has 4 nitrogen and oxygen atoms in total. The van der Waals surface area contributed by atoms with Gasteiger partial charge in [-0.1, -0.05) is 17.7 Å². The van der Waals surface area contributed by atoms with Crippen LogP contribution in [-0.4, -0.2) is 17.4 Å². The van der Waals surface area contributed by atoms with Gasteiger partial charge in [0.25, 0.3) is 5.91 Å². The lowest BCUT2D eigenvalue weighted by Gasteiger charge is -2.08. The number of hydrogen-bond donors (Lipinski definition) is 2. The number of anilines is 2. The van der Waals surface area contributed by atoms with Gasteiger partial charge in [-0.2, -0.15) is 0 Å². The van der Waals surface area contributed by atoms with Gasteiger partial charge in [0.1, 0.15) is 5.82 Å². The molecule has 2 N–H and O–H groups in total. The van der Waals surface area contributed by atoms with E-state index in [-0.39, 0.29) is 5.91 Å². The zero-order valence-electron chi connectivity index (χ0n) is 11.4. The molecule has 1 aromatic carbocycles. The van der Waals surface area contributed by atoms with Gasteiger partial charge in [-0.15, -0.1) is 0 Å². The molecule has 2 aromatic rings. The Bertz CT molecular complexity index is 611. The molecule has 1 aromatic heterocycles. The van der Waals surface area contributed by atoms with E-state index < -0.39 is 0 Å². The van der Waals surface area contributed by atoms with Gasteiger partial charge in [0.2, 0.25) is 0 Å². The van der Waals surface area contributed by atoms with Crippen molar-refractivity contribution in [3.63, 3.8) is 0 Å². The number of carbonyl (C=O) groups excluding carboxylic acids is 1. The van der Waals surface area contributed by atoms with E-state index in [9.17, 15) is 4.79 Å². The summed E-state index contributed by atoms with van der Waals surface area (Å²) in [7, 11) is 0. The third-order valence-corrected chi connectivity index (χ3v) is 3.08. The van der Waals surface area contributed by atoms with E-state index >= 15 is 0 Å². The average Bonchev–Trinajstić information content (AvgIpc) is 2.44. The fraction of sp³-hybridized carbons (Fsp3) is 0.200. The van der Waals surface area contributed by atoms with E-state index in [2.05, 4.69) is 15.6 Å². The van der Waals surface area contributed by atoms with Crippen LogP contribution >= 0.6 is 11.6 Å². The van der Waals surface area contributed by atoms with Crippen molar-refractivity contribution < 1.29 is 4.79 Å². The zero-order chi connectivity index (χ0) is 14.5. The minimum Gasteiger partial charge on any atom is -0.370 e. The Morgan fingerprint density at radius 2 is 2.10 bits per heavy atom. The first-order valence-corrected chi connectivity index (χ1v) is 6.75. The SMILES string of the molecule is CCNc1ccc(C(=O)Nc2cc(C)ccc2Cl)cn1. The van der Waals surface area contributed by atoms with Crippen molar-refractivity contribution in [1.29, 1.82) is 0 Å². The summed E-state index contributed by atoms with van der Waals surface area (Å²) in [5, 5.41) is 6.38. The highest BCUT2D eigenvalue weighted by Crippen LogP contribution is 2.23. The molecule has 0 bridgehead atoms. The fourth-order valence-electron chi connectivity index (χ4n) is 1.74. The molecular formula is C15H16ClN3O. The van der Waals surface area contributed by atoms with E-state index in [1.54, 1.807) is 18.2 Å². The lowest BCUT2D eigenvalue weighted by atomic mass is 10.2. The number of aryl methyl sites for hydroxylation is 1. The highest BCUT2D eigenvalue weighted by molar-refractivity contribution is 6.33. The number of halogens is 1. The maximum atomic E-state index is 12.1. The van der Waals surface area contributed by atoms with E-state index in [0.717, 1.165) is 17.9 Å². The maximum absolute atomic E-state index is 12.1. The Morgan fingerprint density at radius 1 is 1.30 bits per heavy atom. The number of nitrogens with zero attached hydrogens (tertiary/aromatic N) is 1. The Labute approximate surface area is 123 Å². The van der Waals surface area contributed by atoms with Crippen molar-refractivity contribution in [1.82, 2.24) is 4.98 Å². The van der Waals surface area contributed by atoms with E-state index in [1.807, 2.05) is 26.0 Å². The normalized spacial score (nSPS) is 10.2. The standard InChI is InChI=1S/C15H16ClN3O/c1-3-17-14-7-5-11(9-18-14)15(20)19-13-8-10(2)4-6-12(13)16/h4-9H,3H2,1-2H3,(H,17,18)(H,19,20). The Balaban J connectivity index is 2.13. The van der Waals surface area contributed by atoms with Crippen LogP contribution in [0.1, 0.15) is 22.8 Å². The predicted molar refractivity (Wildman–Crippen MR) is 82.5 cm³/mol. The summed E-state index contributed by atoms with van der Waals surface area (Å²) < 4.78 is 0. The monoisotopic (exact) mass is 289 g/mol. The van der Waals surface area contributed by atoms with Gasteiger partial charge in [-0.25, -0.2) is 4.98 Å². The summed E-state index contributed by atoms with van der Waals surface area (Å²) in [5.41, 5.74) is 2.13. The maximum Gasteiger partial charge on any atom is 0.257 e. The first-order chi connectivity index (χ1) is 9.60. The number of nitrogens with one attached hydrogen (secondary N) is 2. The van der Waals surface area contributed by atoms with Gasteiger partial charge in [-0.3, -0.25) is 4.79 Å². The molecule has 0 aliphatic carbocycles. The Morgan fingerprint density at radius 3 is 2.75 bits per heavy atom. The molecule has 0 spiro atoms. The Kier molecular flexibility index (Phi) is 4.58. The molecule has 1 amide bonds. The van der Waals surface area contributed by atoms with Crippen molar-refractivity contribution in [2.75, 3.05) is 17.2 Å². The topological polar surface area (TPSA) is 54.0 Å². The van der Waals surface area contributed by atoms with E-state index in [0.29, 0.717) is 16.3 Å². The van der Waals surface area contributed by atoms with Gasteiger partial charge in [-0.05, 0) is 43.7 Å². The van der Waals surface area contributed by atoms with Crippen LogP contribution in [0.5, 0.6) is 0 Å². The van der Waals surface area contributed by atoms with Crippen LogP contribution in [0.4, 0.5) is 11.5 Å². The number of benzene rings is 1. The molecule has 0 aliphatic rings. The lowest BCUT2D eigenvalue weighted by Crippen LogP contribution is -2.13. The number of amides is 1. The zero-order valence-corrected chi connectivity index (χ0v) is 12.2. The van der Waals surface area contributed by atoms with Crippen LogP contribution in [0, 0.1) is 6.92 Å². The fourth-order valence-corrected chi connectivity index (χ4v) is 1.91. The minimum absolute atomic E-state index is 0.229. The predicted octanol–water partition coefficient (Wildman–Crippen LogP) is 3.73. The molecule has 0 atom stereocenters. The highest BCUT2D eigenvalue weighted by atomic mass is 35.5. The summed E-state index contributed by atoms with van der Waals surface area (Å²) in [4.78, 5) is 16.3. The van der Waals surface area contributed by atoms with Gasteiger partial charge in [0.05, 0.1) is 16.3 Å². The third-order valence-electron chi connectivity index (χ3n) is 2.75. The van der Waals surface area contributed by atoms with Crippen molar-refractivity contribution in [2.24, 2.45) is 0 Å². The largest absolute Gasteiger partial charge is 0.370 e. The molecule has 1 heterocycles. The highest BCUT2D eigenvalue weighted by Gasteiger charge is 2.09. The number of hydrogen-bond acceptors (Lipinski definition) is 3. The summed E-state index contributed by atoms with van der Waals surface area (Å²) in [6, 6.07) is 8.99. The molecule has 0 saturated heterocycles. The number of aromatic nitrogens is 1. The molecule has 0 fully saturated rings. The first-order valence-electron chi connectivity index (χ1n) is 6.37. The molecule has 0 radical (unpaired) electrons. The van der Waals surface area contributed by atoms with Gasteiger partial charge in [0.15, 0.2) is 0 Å². The summed E-state index contributed by atoms with van der Waals surface area (Å²) >= 11 is 6.05. The molecule has 2 rings (SSSR count). The molecular weight excluding hydrogens is 274 g/mol. The molecule has 20 heavy (non-hydrogen) atoms. The summed E-state index contributed by atoms with van der Waals surface area (Å²) in [5.74, 6) is 0.519. The van der Waals surface area contributed by atoms with Gasteiger partial charge in [0, 0.05) is 12.7 Å². The van der Waals surface area contributed by atoms with E-state index in [4.69, 9.17) is 11.6 Å². The van der Waals surface area contributed by atoms with Crippen LogP contribution in [0.3, 0.4) is 0 Å². The van der Waals surface area contributed by atoms with Crippen LogP contribution in [0.25, 0.3) is 0 Å². The lowest BCUT2D eigenvalue weighted by molar-refractivity contribution is 0.102. The molecule has 0 saturated carbocycles. The Hall–Kier alpha value is -2.07. The quantitative estimate of drug-likeness (QED) is 0.902. The van der Waals surface area contributed by atoms with Crippen LogP contribution in [-0.2, 0) is 0 Å². The van der Waals surface area contributed by atoms with E-state index in [1.165, 1.54) is 6.20 Å². The molecule has 0 unspecified atom stereocenters. The van der Waals surface area contributed by atoms with Crippen LogP contribution < -0.4 is 10.6 Å². The van der Waals surface area contributed by atoms with Crippen molar-refractivity contribution >= 4 is 29.0 Å². The second-order valence-corrected chi connectivity index (χ2v) is 4.81. The number of pyridine rings is 1. The third kappa shape index (κ3) is 3.48. The molecule has 0 aliphatic heterocycles. The molecule has 104 valence electrons. The molecule has 5 heteroatoms. The second kappa shape index (κ2) is 6.39. The van der Waals surface area contributed by atoms with Crippen LogP contribution in [0.15, 0.2) is 36.5 Å². The summed E-state index contributed by atoms with van der Waals surface area (Å²) in [6.45, 7) is 4.72. The van der Waals surface area contributed by atoms with Crippen LogP contribution in [0.2, 0.25) is 5.02 Å². The average molecular weight is 290 g/mol. The minimum atomic E-state index is -0.229. The first kappa shape index (κ1) is 14.3. The second-order valence-electron chi connectivity index (χ2n) is 4.40. The number of rotatable bonds is 4. The van der Waals surface area contributed by atoms with Crippen molar-refractivity contribution in [3.05, 3.63) is 52.7 Å². The number of carbonyl (C=O) groups is 1. The summed E-state index contributed by atoms with van der Waals surface area (Å²) in [6.07, 6.45) is 1.54. The van der Waals surface area contributed by atoms with Gasteiger partial charge >= 0.3 is 0 Å². The van der Waals surface area contributed by atoms with Gasteiger partial charge < -0.3 is 10.6 Å². The van der Waals surface area contributed by atoms with Crippen molar-refractivity contribution in [3.8, 4) is 0 Å². The van der Waals surface area contributed by atoms with Crippen molar-refractivity contribution in [2.45, 2.75) is 13.8 Å².